The van der Waals surface area contributed by atoms with Crippen molar-refractivity contribution in [2.75, 3.05) is 19.0 Å². The number of benzene rings is 2. The third kappa shape index (κ3) is 5.31. The molecule has 0 heterocycles. The summed E-state index contributed by atoms with van der Waals surface area (Å²) in [6.07, 6.45) is 0.387. The lowest BCUT2D eigenvalue weighted by atomic mass is 10.1. The minimum atomic E-state index is -0.407. The number of methoxy groups -OCH3 is 1. The number of hydrogen-bond donors (Lipinski definition) is 2. The van der Waals surface area contributed by atoms with Gasteiger partial charge in [0, 0.05) is 11.3 Å². The number of primary amides is 1. The molecule has 0 saturated heterocycles. The van der Waals surface area contributed by atoms with Crippen molar-refractivity contribution in [3.05, 3.63) is 54.1 Å². The van der Waals surface area contributed by atoms with Crippen molar-refractivity contribution in [1.29, 1.82) is 0 Å². The number of para-hydroxylation sites is 1. The molecule has 126 valence electrons. The molecule has 0 radical (unpaired) electrons. The second kappa shape index (κ2) is 8.57. The molecule has 2 aromatic rings. The molecule has 6 nitrogen and oxygen atoms in total. The molecule has 0 aliphatic carbocycles. The predicted octanol–water partition coefficient (Wildman–Crippen LogP) is 2.13. The van der Waals surface area contributed by atoms with Crippen LogP contribution in [-0.2, 0) is 16.0 Å². The minimum Gasteiger partial charge on any atom is -0.496 e. The molecular formula is C18H20N2O4. The van der Waals surface area contributed by atoms with E-state index in [0.29, 0.717) is 17.2 Å². The van der Waals surface area contributed by atoms with Gasteiger partial charge >= 0.3 is 0 Å². The maximum atomic E-state index is 12.1. The summed E-state index contributed by atoms with van der Waals surface area (Å²) < 4.78 is 10.6. The van der Waals surface area contributed by atoms with Crippen molar-refractivity contribution < 1.29 is 19.1 Å². The molecule has 0 bridgehead atoms. The highest BCUT2D eigenvalue weighted by atomic mass is 16.5. The molecule has 0 aliphatic rings. The van der Waals surface area contributed by atoms with Crippen molar-refractivity contribution in [3.8, 4) is 11.5 Å². The molecule has 2 rings (SSSR count). The fourth-order valence-corrected chi connectivity index (χ4v) is 2.13. The Bertz CT molecular complexity index is 698. The monoisotopic (exact) mass is 328 g/mol. The molecule has 6 heteroatoms. The zero-order valence-corrected chi connectivity index (χ0v) is 13.5. The normalized spacial score (nSPS) is 10.0. The van der Waals surface area contributed by atoms with Gasteiger partial charge in [0.1, 0.15) is 11.5 Å². The summed E-state index contributed by atoms with van der Waals surface area (Å²) >= 11 is 0. The van der Waals surface area contributed by atoms with Crippen molar-refractivity contribution in [2.45, 2.75) is 12.8 Å². The number of amides is 2. The van der Waals surface area contributed by atoms with Gasteiger partial charge < -0.3 is 20.5 Å². The van der Waals surface area contributed by atoms with Crippen LogP contribution in [0.15, 0.2) is 48.5 Å². The van der Waals surface area contributed by atoms with Crippen molar-refractivity contribution in [1.82, 2.24) is 0 Å². The van der Waals surface area contributed by atoms with Gasteiger partial charge in [0.2, 0.25) is 11.8 Å². The van der Waals surface area contributed by atoms with E-state index in [9.17, 15) is 9.59 Å². The van der Waals surface area contributed by atoms with Crippen LogP contribution in [0.25, 0.3) is 0 Å². The number of ether oxygens (including phenoxy) is 2. The fourth-order valence-electron chi connectivity index (χ4n) is 2.13. The molecule has 2 amide bonds. The topological polar surface area (TPSA) is 90.7 Å². The Morgan fingerprint density at radius 1 is 1.08 bits per heavy atom. The SMILES string of the molecule is COc1ccccc1CC(=O)Nc1ccc(OCCC(N)=O)cc1. The highest BCUT2D eigenvalue weighted by molar-refractivity contribution is 5.92. The van der Waals surface area contributed by atoms with E-state index < -0.39 is 5.91 Å². The maximum Gasteiger partial charge on any atom is 0.228 e. The average molecular weight is 328 g/mol. The second-order valence-electron chi connectivity index (χ2n) is 5.13. The van der Waals surface area contributed by atoms with Gasteiger partial charge in [-0.3, -0.25) is 9.59 Å². The minimum absolute atomic E-state index is 0.137. The highest BCUT2D eigenvalue weighted by Gasteiger charge is 2.08. The summed E-state index contributed by atoms with van der Waals surface area (Å²) in [6, 6.07) is 14.3. The largest absolute Gasteiger partial charge is 0.496 e. The first-order chi connectivity index (χ1) is 11.6. The highest BCUT2D eigenvalue weighted by Crippen LogP contribution is 2.19. The van der Waals surface area contributed by atoms with E-state index in [0.717, 1.165) is 5.56 Å². The summed E-state index contributed by atoms with van der Waals surface area (Å²) in [5.74, 6) is 0.752. The van der Waals surface area contributed by atoms with Crippen molar-refractivity contribution in [3.63, 3.8) is 0 Å². The molecule has 0 saturated carbocycles. The van der Waals surface area contributed by atoms with E-state index in [4.69, 9.17) is 15.2 Å². The van der Waals surface area contributed by atoms with Crippen LogP contribution in [0.5, 0.6) is 11.5 Å². The van der Waals surface area contributed by atoms with Gasteiger partial charge in [-0.1, -0.05) is 18.2 Å². The standard InChI is InChI=1S/C18H20N2O4/c1-23-16-5-3-2-4-13(16)12-18(22)20-14-6-8-15(9-7-14)24-11-10-17(19)21/h2-9H,10-12H2,1H3,(H2,19,21)(H,20,22). The summed E-state index contributed by atoms with van der Waals surface area (Å²) in [7, 11) is 1.58. The molecule has 0 aromatic heterocycles. The second-order valence-corrected chi connectivity index (χ2v) is 5.13. The quantitative estimate of drug-likeness (QED) is 0.776. The first-order valence-corrected chi connectivity index (χ1v) is 7.51. The van der Waals surface area contributed by atoms with Gasteiger partial charge in [-0.15, -0.1) is 0 Å². The zero-order chi connectivity index (χ0) is 17.4. The lowest BCUT2D eigenvalue weighted by molar-refractivity contribution is -0.118. The van der Waals surface area contributed by atoms with Crippen LogP contribution < -0.4 is 20.5 Å². The number of nitrogens with one attached hydrogen (secondary N) is 1. The number of carbonyl (C=O) groups is 2. The van der Waals surface area contributed by atoms with Crippen LogP contribution in [0, 0.1) is 0 Å². The first-order valence-electron chi connectivity index (χ1n) is 7.51. The molecular weight excluding hydrogens is 308 g/mol. The number of hydrogen-bond acceptors (Lipinski definition) is 4. The van der Waals surface area contributed by atoms with Gasteiger partial charge in [0.25, 0.3) is 0 Å². The van der Waals surface area contributed by atoms with Gasteiger partial charge in [0.05, 0.1) is 26.6 Å². The molecule has 2 aromatic carbocycles. The van der Waals surface area contributed by atoms with Crippen LogP contribution in [0.3, 0.4) is 0 Å². The molecule has 0 unspecified atom stereocenters. The van der Waals surface area contributed by atoms with Gasteiger partial charge in [-0.05, 0) is 30.3 Å². The Morgan fingerprint density at radius 2 is 1.79 bits per heavy atom. The van der Waals surface area contributed by atoms with Crippen molar-refractivity contribution in [2.24, 2.45) is 5.73 Å². The zero-order valence-electron chi connectivity index (χ0n) is 13.5. The molecule has 3 N–H and O–H groups in total. The van der Waals surface area contributed by atoms with Gasteiger partial charge in [-0.2, -0.15) is 0 Å². The first kappa shape index (κ1) is 17.3. The van der Waals surface area contributed by atoms with Crippen LogP contribution in [0.4, 0.5) is 5.69 Å². The number of anilines is 1. The van der Waals surface area contributed by atoms with Gasteiger partial charge in [-0.25, -0.2) is 0 Å². The molecule has 0 fully saturated rings. The molecule has 0 spiro atoms. The molecule has 0 aliphatic heterocycles. The Labute approximate surface area is 140 Å². The van der Waals surface area contributed by atoms with Crippen LogP contribution >= 0.6 is 0 Å². The Kier molecular flexibility index (Phi) is 6.19. The Morgan fingerprint density at radius 3 is 2.46 bits per heavy atom. The van der Waals surface area contributed by atoms with E-state index in [-0.39, 0.29) is 25.4 Å². The number of rotatable bonds is 8. The van der Waals surface area contributed by atoms with E-state index in [1.54, 1.807) is 31.4 Å². The van der Waals surface area contributed by atoms with Gasteiger partial charge in [0.15, 0.2) is 0 Å². The van der Waals surface area contributed by atoms with Crippen LogP contribution in [0.2, 0.25) is 0 Å². The van der Waals surface area contributed by atoms with E-state index in [2.05, 4.69) is 5.32 Å². The van der Waals surface area contributed by atoms with Crippen molar-refractivity contribution >= 4 is 17.5 Å². The Balaban J connectivity index is 1.88. The summed E-state index contributed by atoms with van der Waals surface area (Å²) in [5.41, 5.74) is 6.53. The number of carbonyl (C=O) groups excluding carboxylic acids is 2. The Hall–Kier alpha value is -3.02. The third-order valence-electron chi connectivity index (χ3n) is 3.30. The summed E-state index contributed by atoms with van der Waals surface area (Å²) in [4.78, 5) is 22.8. The van der Waals surface area contributed by atoms with Crippen LogP contribution in [0.1, 0.15) is 12.0 Å². The van der Waals surface area contributed by atoms with E-state index in [1.165, 1.54) is 0 Å². The summed E-state index contributed by atoms with van der Waals surface area (Å²) in [6.45, 7) is 0.231. The lowest BCUT2D eigenvalue weighted by Gasteiger charge is -2.10. The molecule has 24 heavy (non-hydrogen) atoms. The lowest BCUT2D eigenvalue weighted by Crippen LogP contribution is -2.15. The van der Waals surface area contributed by atoms with E-state index >= 15 is 0 Å². The fraction of sp³-hybridized carbons (Fsp3) is 0.222. The maximum absolute atomic E-state index is 12.1. The predicted molar refractivity (Wildman–Crippen MR) is 91.1 cm³/mol. The average Bonchev–Trinajstić information content (AvgIpc) is 2.56. The smallest absolute Gasteiger partial charge is 0.228 e. The van der Waals surface area contributed by atoms with Crippen LogP contribution in [-0.4, -0.2) is 25.5 Å². The molecule has 0 atom stereocenters. The van der Waals surface area contributed by atoms with E-state index in [1.807, 2.05) is 24.3 Å². The number of nitrogens with two attached hydrogens (primary N) is 1. The summed E-state index contributed by atoms with van der Waals surface area (Å²) in [5, 5.41) is 2.82. The third-order valence-corrected chi connectivity index (χ3v) is 3.30.